The van der Waals surface area contributed by atoms with Crippen molar-refractivity contribution < 1.29 is 8.42 Å². The minimum absolute atomic E-state index is 0.0606. The van der Waals surface area contributed by atoms with Crippen LogP contribution in [0.2, 0.25) is 10.0 Å². The molecular weight excluding hydrogens is 379 g/mol. The lowest BCUT2D eigenvalue weighted by molar-refractivity contribution is 0.251. The van der Waals surface area contributed by atoms with Crippen molar-refractivity contribution in [1.82, 2.24) is 9.62 Å². The van der Waals surface area contributed by atoms with Gasteiger partial charge in [-0.3, -0.25) is 4.90 Å². The summed E-state index contributed by atoms with van der Waals surface area (Å²) in [5, 5.41) is 0.543. The molecule has 1 heterocycles. The molecule has 0 saturated heterocycles. The first-order valence-electron chi connectivity index (χ1n) is 8.19. The highest BCUT2D eigenvalue weighted by Gasteiger charge is 2.18. The zero-order valence-electron chi connectivity index (χ0n) is 13.7. The Kier molecular flexibility index (Phi) is 6.02. The summed E-state index contributed by atoms with van der Waals surface area (Å²) in [6.45, 7) is 3.16. The van der Waals surface area contributed by atoms with E-state index in [4.69, 9.17) is 23.2 Å². The van der Waals surface area contributed by atoms with Gasteiger partial charge in [0.25, 0.3) is 0 Å². The van der Waals surface area contributed by atoms with Gasteiger partial charge in [-0.1, -0.05) is 47.5 Å². The van der Waals surface area contributed by atoms with Crippen molar-refractivity contribution in [2.24, 2.45) is 0 Å². The van der Waals surface area contributed by atoms with Gasteiger partial charge in [0.2, 0.25) is 10.0 Å². The Morgan fingerprint density at radius 2 is 1.84 bits per heavy atom. The Bertz CT molecular complexity index is 856. The Balaban J connectivity index is 1.50. The summed E-state index contributed by atoms with van der Waals surface area (Å²) in [5.41, 5.74) is 2.78. The molecule has 4 nitrogen and oxygen atoms in total. The first-order valence-corrected chi connectivity index (χ1v) is 10.4. The number of nitrogens with one attached hydrogen (secondary N) is 1. The minimum atomic E-state index is -3.62. The Hall–Kier alpha value is -1.11. The predicted molar refractivity (Wildman–Crippen MR) is 102 cm³/mol. The second kappa shape index (κ2) is 8.06. The van der Waals surface area contributed by atoms with Crippen LogP contribution in [0, 0.1) is 0 Å². The van der Waals surface area contributed by atoms with Crippen molar-refractivity contribution in [3.8, 4) is 0 Å². The van der Waals surface area contributed by atoms with Gasteiger partial charge in [0.15, 0.2) is 0 Å². The van der Waals surface area contributed by atoms with Crippen LogP contribution in [0.5, 0.6) is 0 Å². The molecule has 0 unspecified atom stereocenters. The molecule has 0 radical (unpaired) electrons. The molecule has 1 N–H and O–H groups in total. The first-order chi connectivity index (χ1) is 12.0. The van der Waals surface area contributed by atoms with E-state index in [0.717, 1.165) is 32.5 Å². The standard InChI is InChI=1S/C18H20Cl2N2O2S/c19-16-6-7-18(17(20)12-16)25(23,24)21-9-3-10-22-11-8-14-4-1-2-5-15(14)13-22/h1-2,4-7,12,21H,3,8-11,13H2. The molecule has 2 aromatic carbocycles. The van der Waals surface area contributed by atoms with Crippen LogP contribution in [-0.2, 0) is 23.0 Å². The number of rotatable bonds is 6. The van der Waals surface area contributed by atoms with Gasteiger partial charge in [0.05, 0.1) is 5.02 Å². The number of nitrogens with zero attached hydrogens (tertiary/aromatic N) is 1. The van der Waals surface area contributed by atoms with Gasteiger partial charge in [-0.25, -0.2) is 13.1 Å². The van der Waals surface area contributed by atoms with Crippen LogP contribution in [-0.4, -0.2) is 33.0 Å². The lowest BCUT2D eigenvalue weighted by Crippen LogP contribution is -2.33. The van der Waals surface area contributed by atoms with E-state index >= 15 is 0 Å². The monoisotopic (exact) mass is 398 g/mol. The van der Waals surface area contributed by atoms with Crippen LogP contribution in [0.1, 0.15) is 17.5 Å². The number of hydrogen-bond acceptors (Lipinski definition) is 3. The fourth-order valence-corrected chi connectivity index (χ4v) is 4.87. The molecule has 25 heavy (non-hydrogen) atoms. The molecule has 7 heteroatoms. The van der Waals surface area contributed by atoms with Crippen LogP contribution in [0.4, 0.5) is 0 Å². The molecule has 3 rings (SSSR count). The molecule has 1 aliphatic rings. The Labute approximate surface area is 158 Å². The third-order valence-electron chi connectivity index (χ3n) is 4.34. The topological polar surface area (TPSA) is 49.4 Å². The minimum Gasteiger partial charge on any atom is -0.299 e. The summed E-state index contributed by atoms with van der Waals surface area (Å²) in [6, 6.07) is 12.9. The summed E-state index contributed by atoms with van der Waals surface area (Å²) in [5.74, 6) is 0. The second-order valence-electron chi connectivity index (χ2n) is 6.12. The van der Waals surface area contributed by atoms with Crippen LogP contribution >= 0.6 is 23.2 Å². The zero-order valence-corrected chi connectivity index (χ0v) is 16.0. The van der Waals surface area contributed by atoms with E-state index in [2.05, 4.69) is 33.9 Å². The molecule has 0 aromatic heterocycles. The van der Waals surface area contributed by atoms with Crippen molar-refractivity contribution in [3.63, 3.8) is 0 Å². The van der Waals surface area contributed by atoms with E-state index < -0.39 is 10.0 Å². The van der Waals surface area contributed by atoms with Crippen LogP contribution < -0.4 is 4.72 Å². The molecule has 0 aliphatic carbocycles. The maximum Gasteiger partial charge on any atom is 0.242 e. The van der Waals surface area contributed by atoms with E-state index in [0.29, 0.717) is 11.6 Å². The highest BCUT2D eigenvalue weighted by atomic mass is 35.5. The predicted octanol–water partition coefficient (Wildman–Crippen LogP) is 3.72. The molecular formula is C18H20Cl2N2O2S. The van der Waals surface area contributed by atoms with E-state index in [-0.39, 0.29) is 9.92 Å². The summed E-state index contributed by atoms with van der Waals surface area (Å²) in [7, 11) is -3.62. The largest absolute Gasteiger partial charge is 0.299 e. The first kappa shape index (κ1) is 18.7. The van der Waals surface area contributed by atoms with Crippen LogP contribution in [0.15, 0.2) is 47.4 Å². The van der Waals surface area contributed by atoms with Gasteiger partial charge in [0, 0.05) is 24.7 Å². The van der Waals surface area contributed by atoms with Gasteiger partial charge < -0.3 is 0 Å². The number of hydrogen-bond donors (Lipinski definition) is 1. The summed E-state index contributed by atoms with van der Waals surface area (Å²) in [6.07, 6.45) is 1.79. The lowest BCUT2D eigenvalue weighted by atomic mass is 10.00. The molecule has 0 spiro atoms. The van der Waals surface area contributed by atoms with Gasteiger partial charge in [0.1, 0.15) is 4.90 Å². The van der Waals surface area contributed by atoms with E-state index in [1.807, 2.05) is 0 Å². The fraction of sp³-hybridized carbons (Fsp3) is 0.333. The van der Waals surface area contributed by atoms with E-state index in [1.54, 1.807) is 0 Å². The van der Waals surface area contributed by atoms with Gasteiger partial charge in [-0.05, 0) is 48.7 Å². The number of benzene rings is 2. The Morgan fingerprint density at radius 3 is 2.60 bits per heavy atom. The Morgan fingerprint density at radius 1 is 1.08 bits per heavy atom. The summed E-state index contributed by atoms with van der Waals surface area (Å²) >= 11 is 11.8. The maximum atomic E-state index is 12.3. The van der Waals surface area contributed by atoms with Crippen molar-refractivity contribution >= 4 is 33.2 Å². The zero-order chi connectivity index (χ0) is 17.9. The van der Waals surface area contributed by atoms with Crippen molar-refractivity contribution in [3.05, 3.63) is 63.6 Å². The fourth-order valence-electron chi connectivity index (χ4n) is 3.03. The van der Waals surface area contributed by atoms with E-state index in [9.17, 15) is 8.42 Å². The third kappa shape index (κ3) is 4.74. The lowest BCUT2D eigenvalue weighted by Gasteiger charge is -2.28. The van der Waals surface area contributed by atoms with E-state index in [1.165, 1.54) is 29.3 Å². The SMILES string of the molecule is O=S(=O)(NCCCN1CCc2ccccc2C1)c1ccc(Cl)cc1Cl. The van der Waals surface area contributed by atoms with Crippen molar-refractivity contribution in [1.29, 1.82) is 0 Å². The number of sulfonamides is 1. The third-order valence-corrected chi connectivity index (χ3v) is 6.52. The van der Waals surface area contributed by atoms with Gasteiger partial charge >= 0.3 is 0 Å². The average Bonchev–Trinajstić information content (AvgIpc) is 2.58. The quantitative estimate of drug-likeness (QED) is 0.754. The molecule has 134 valence electrons. The highest BCUT2D eigenvalue weighted by Crippen LogP contribution is 2.24. The number of halogens is 2. The van der Waals surface area contributed by atoms with Gasteiger partial charge in [-0.15, -0.1) is 0 Å². The summed E-state index contributed by atoms with van der Waals surface area (Å²) in [4.78, 5) is 2.41. The maximum absolute atomic E-state index is 12.3. The average molecular weight is 399 g/mol. The number of fused-ring (bicyclic) bond motifs is 1. The normalized spacial score (nSPS) is 15.1. The molecule has 0 atom stereocenters. The van der Waals surface area contributed by atoms with Crippen LogP contribution in [0.3, 0.4) is 0 Å². The van der Waals surface area contributed by atoms with Crippen molar-refractivity contribution in [2.45, 2.75) is 24.3 Å². The molecule has 0 saturated carbocycles. The smallest absolute Gasteiger partial charge is 0.242 e. The molecule has 0 amide bonds. The highest BCUT2D eigenvalue weighted by molar-refractivity contribution is 7.89. The van der Waals surface area contributed by atoms with Crippen LogP contribution in [0.25, 0.3) is 0 Å². The molecule has 0 fully saturated rings. The molecule has 1 aliphatic heterocycles. The second-order valence-corrected chi connectivity index (χ2v) is 8.70. The van der Waals surface area contributed by atoms with Crippen molar-refractivity contribution in [2.75, 3.05) is 19.6 Å². The van der Waals surface area contributed by atoms with Gasteiger partial charge in [-0.2, -0.15) is 0 Å². The summed E-state index contributed by atoms with van der Waals surface area (Å²) < 4.78 is 27.3. The molecule has 0 bridgehead atoms. The molecule has 2 aromatic rings.